The van der Waals surface area contributed by atoms with Crippen molar-refractivity contribution in [2.75, 3.05) is 38.7 Å². The van der Waals surface area contributed by atoms with Gasteiger partial charge >= 0.3 is 0 Å². The van der Waals surface area contributed by atoms with Gasteiger partial charge in [0.15, 0.2) is 0 Å². The van der Waals surface area contributed by atoms with E-state index >= 15 is 0 Å². The second-order valence-corrected chi connectivity index (χ2v) is 10.3. The number of aromatic nitrogens is 2. The first-order valence-electron chi connectivity index (χ1n) is 10.3. The van der Waals surface area contributed by atoms with Crippen molar-refractivity contribution in [3.8, 4) is 0 Å². The zero-order valence-corrected chi connectivity index (χ0v) is 17.4. The van der Waals surface area contributed by atoms with Crippen molar-refractivity contribution in [3.63, 3.8) is 0 Å². The Morgan fingerprint density at radius 1 is 1.19 bits per heavy atom. The fourth-order valence-electron chi connectivity index (χ4n) is 5.05. The number of rotatable bonds is 5. The zero-order valence-electron chi connectivity index (χ0n) is 16.6. The van der Waals surface area contributed by atoms with E-state index < -0.39 is 0 Å². The number of aryl methyl sites for hydroxylation is 1. The minimum Gasteiger partial charge on any atom is -0.376 e. The van der Waals surface area contributed by atoms with Crippen molar-refractivity contribution >= 4 is 27.4 Å². The van der Waals surface area contributed by atoms with Crippen LogP contribution in [0.25, 0.3) is 10.2 Å². The highest BCUT2D eigenvalue weighted by molar-refractivity contribution is 7.18. The number of likely N-dealkylation sites (N-methyl/N-ethyl adjacent to an activating group) is 1. The van der Waals surface area contributed by atoms with Gasteiger partial charge in [-0.1, -0.05) is 0 Å². The molecular formula is C21H30N4OS. The summed E-state index contributed by atoms with van der Waals surface area (Å²) in [5.41, 5.74) is 0. The molecule has 0 radical (unpaired) electrons. The molecule has 5 rings (SSSR count). The third-order valence-corrected chi connectivity index (χ3v) is 7.68. The highest BCUT2D eigenvalue weighted by Gasteiger charge is 2.44. The molecule has 2 aromatic heterocycles. The summed E-state index contributed by atoms with van der Waals surface area (Å²) >= 11 is 1.77. The molecule has 0 unspecified atom stereocenters. The van der Waals surface area contributed by atoms with Crippen molar-refractivity contribution in [2.24, 2.45) is 17.8 Å². The van der Waals surface area contributed by atoms with Crippen molar-refractivity contribution in [3.05, 3.63) is 17.3 Å². The van der Waals surface area contributed by atoms with Gasteiger partial charge in [0.1, 0.15) is 17.0 Å². The van der Waals surface area contributed by atoms with Gasteiger partial charge in [-0.05, 0) is 70.5 Å². The predicted octanol–water partition coefficient (Wildman–Crippen LogP) is 3.57. The fourth-order valence-corrected chi connectivity index (χ4v) is 5.89. The molecule has 1 saturated heterocycles. The van der Waals surface area contributed by atoms with Gasteiger partial charge < -0.3 is 14.5 Å². The van der Waals surface area contributed by atoms with Crippen LogP contribution in [-0.2, 0) is 4.74 Å². The minimum absolute atomic E-state index is 0.385. The Bertz CT molecular complexity index is 818. The van der Waals surface area contributed by atoms with E-state index in [1.807, 2.05) is 0 Å². The number of fused-ring (bicyclic) bond motifs is 2. The summed E-state index contributed by atoms with van der Waals surface area (Å²) in [5.74, 6) is 3.43. The fraction of sp³-hybridized carbons (Fsp3) is 0.714. The quantitative estimate of drug-likeness (QED) is 0.786. The van der Waals surface area contributed by atoms with Crippen LogP contribution < -0.4 is 4.90 Å². The Morgan fingerprint density at radius 2 is 1.96 bits per heavy atom. The lowest BCUT2D eigenvalue weighted by Crippen LogP contribution is -2.48. The molecule has 0 amide bonds. The summed E-state index contributed by atoms with van der Waals surface area (Å²) in [4.78, 5) is 16.5. The molecule has 146 valence electrons. The summed E-state index contributed by atoms with van der Waals surface area (Å²) in [7, 11) is 4.43. The van der Waals surface area contributed by atoms with Gasteiger partial charge in [0.25, 0.3) is 0 Å². The molecule has 0 aromatic carbocycles. The Kier molecular flexibility index (Phi) is 4.61. The predicted molar refractivity (Wildman–Crippen MR) is 111 cm³/mol. The van der Waals surface area contributed by atoms with Crippen LogP contribution in [0.2, 0.25) is 0 Å². The van der Waals surface area contributed by atoms with Gasteiger partial charge in [0.2, 0.25) is 0 Å². The Morgan fingerprint density at radius 3 is 2.70 bits per heavy atom. The van der Waals surface area contributed by atoms with Crippen LogP contribution in [0.3, 0.4) is 0 Å². The van der Waals surface area contributed by atoms with Crippen LogP contribution >= 0.6 is 11.3 Å². The maximum atomic E-state index is 6.42. The second-order valence-electron chi connectivity index (χ2n) is 9.02. The topological polar surface area (TPSA) is 41.5 Å². The lowest BCUT2D eigenvalue weighted by Gasteiger charge is -2.41. The number of ether oxygens (including phenoxy) is 1. The monoisotopic (exact) mass is 386 g/mol. The summed E-state index contributed by atoms with van der Waals surface area (Å²) in [6, 6.07) is 2.79. The van der Waals surface area contributed by atoms with E-state index in [2.05, 4.69) is 46.9 Å². The smallest absolute Gasteiger partial charge is 0.140 e. The Hall–Kier alpha value is -1.24. The molecule has 3 aliphatic rings. The van der Waals surface area contributed by atoms with Crippen molar-refractivity contribution in [1.29, 1.82) is 0 Å². The van der Waals surface area contributed by atoms with E-state index in [1.165, 1.54) is 35.9 Å². The molecule has 6 heteroatoms. The summed E-state index contributed by atoms with van der Waals surface area (Å²) in [6.07, 6.45) is 7.27. The molecule has 3 heterocycles. The number of nitrogens with zero attached hydrogens (tertiary/aromatic N) is 4. The average molecular weight is 387 g/mol. The van der Waals surface area contributed by atoms with Gasteiger partial charge in [-0.25, -0.2) is 9.97 Å². The minimum atomic E-state index is 0.385. The molecule has 2 aromatic rings. The molecule has 2 saturated carbocycles. The van der Waals surface area contributed by atoms with E-state index in [4.69, 9.17) is 4.74 Å². The molecule has 2 aliphatic carbocycles. The first-order chi connectivity index (χ1) is 13.1. The van der Waals surface area contributed by atoms with Gasteiger partial charge in [-0.15, -0.1) is 11.3 Å². The number of thiophene rings is 1. The maximum Gasteiger partial charge on any atom is 0.140 e. The molecule has 3 fully saturated rings. The number of hydrogen-bond donors (Lipinski definition) is 0. The largest absolute Gasteiger partial charge is 0.376 e. The number of hydrogen-bond acceptors (Lipinski definition) is 6. The molecule has 0 spiro atoms. The van der Waals surface area contributed by atoms with Crippen LogP contribution in [-0.4, -0.2) is 60.8 Å². The zero-order chi connectivity index (χ0) is 18.5. The SMILES string of the molecule is Cc1cc2c(N3C[C@H]4C[C@@H](N(C)C)[C@H](OCC5CC5)C[C@H]4C3)ncnc2s1. The average Bonchev–Trinajstić information content (AvgIpc) is 3.25. The molecule has 4 atom stereocenters. The lowest BCUT2D eigenvalue weighted by atomic mass is 9.77. The van der Waals surface area contributed by atoms with E-state index in [0.29, 0.717) is 12.1 Å². The van der Waals surface area contributed by atoms with Crippen molar-refractivity contribution in [2.45, 2.75) is 44.8 Å². The molecule has 27 heavy (non-hydrogen) atoms. The first kappa shape index (κ1) is 17.8. The molecular weight excluding hydrogens is 356 g/mol. The van der Waals surface area contributed by atoms with Crippen LogP contribution in [0.4, 0.5) is 5.82 Å². The summed E-state index contributed by atoms with van der Waals surface area (Å²) < 4.78 is 6.42. The maximum absolute atomic E-state index is 6.42. The van der Waals surface area contributed by atoms with Gasteiger partial charge in [-0.3, -0.25) is 0 Å². The van der Waals surface area contributed by atoms with E-state index in [-0.39, 0.29) is 0 Å². The normalized spacial score (nSPS) is 31.0. The Balaban J connectivity index is 1.35. The summed E-state index contributed by atoms with van der Waals surface area (Å²) in [6.45, 7) is 5.35. The lowest BCUT2D eigenvalue weighted by molar-refractivity contribution is -0.0493. The third-order valence-electron chi connectivity index (χ3n) is 6.72. The molecule has 0 bridgehead atoms. The van der Waals surface area contributed by atoms with Gasteiger partial charge in [0, 0.05) is 30.6 Å². The first-order valence-corrected chi connectivity index (χ1v) is 11.1. The van der Waals surface area contributed by atoms with Crippen molar-refractivity contribution in [1.82, 2.24) is 14.9 Å². The standard InChI is InChI=1S/C21H30N4OS/c1-13-6-17-20(22-12-23-21(17)27-13)25-9-15-7-18(24(2)3)19(8-16(15)10-25)26-11-14-4-5-14/h6,12,14-16,18-19H,4-5,7-11H2,1-3H3/t15-,16+,18-,19-/m1/s1. The molecule has 1 aliphatic heterocycles. The molecule has 0 N–H and O–H groups in total. The van der Waals surface area contributed by atoms with E-state index in [9.17, 15) is 0 Å². The van der Waals surface area contributed by atoms with Crippen molar-refractivity contribution < 1.29 is 4.74 Å². The van der Waals surface area contributed by atoms with Gasteiger partial charge in [0.05, 0.1) is 11.5 Å². The second kappa shape index (κ2) is 6.98. The number of anilines is 1. The highest BCUT2D eigenvalue weighted by atomic mass is 32.1. The van der Waals surface area contributed by atoms with E-state index in [0.717, 1.165) is 48.1 Å². The third kappa shape index (κ3) is 3.47. The highest BCUT2D eigenvalue weighted by Crippen LogP contribution is 2.42. The van der Waals surface area contributed by atoms with E-state index in [1.54, 1.807) is 17.7 Å². The Labute approximate surface area is 165 Å². The van der Waals surface area contributed by atoms with Crippen LogP contribution in [0.1, 0.15) is 30.6 Å². The van der Waals surface area contributed by atoms with Gasteiger partial charge in [-0.2, -0.15) is 0 Å². The van der Waals surface area contributed by atoms with Crippen LogP contribution in [0.5, 0.6) is 0 Å². The van der Waals surface area contributed by atoms with Crippen LogP contribution in [0, 0.1) is 24.7 Å². The molecule has 5 nitrogen and oxygen atoms in total. The summed E-state index contributed by atoms with van der Waals surface area (Å²) in [5, 5.41) is 1.23. The van der Waals surface area contributed by atoms with Crippen LogP contribution in [0.15, 0.2) is 12.4 Å².